The van der Waals surface area contributed by atoms with Crippen molar-refractivity contribution in [1.82, 2.24) is 4.98 Å². The fraction of sp³-hybridized carbons (Fsp3) is 0.714. The van der Waals surface area contributed by atoms with E-state index in [-0.39, 0.29) is 11.6 Å². The van der Waals surface area contributed by atoms with Crippen LogP contribution in [0.3, 0.4) is 0 Å². The van der Waals surface area contributed by atoms with Crippen molar-refractivity contribution in [3.8, 4) is 0 Å². The molecule has 1 unspecified atom stereocenters. The summed E-state index contributed by atoms with van der Waals surface area (Å²) in [6.45, 7) is 2.21. The number of oxazole rings is 1. The fourth-order valence-electron chi connectivity index (χ4n) is 3.30. The monoisotopic (exact) mass is 391 g/mol. The summed E-state index contributed by atoms with van der Waals surface area (Å²) in [6, 6.07) is 0. The molecule has 0 spiro atoms. The molecule has 2 saturated heterocycles. The first-order valence-corrected chi connectivity index (χ1v) is 8.49. The SMILES string of the molecule is CCOC(=O)C12CCC(CI)(CC1)OC2c1ncco1. The van der Waals surface area contributed by atoms with Gasteiger partial charge in [-0.05, 0) is 32.6 Å². The first kappa shape index (κ1) is 14.3. The Bertz CT molecular complexity index is 479. The van der Waals surface area contributed by atoms with Crippen molar-refractivity contribution in [2.24, 2.45) is 5.41 Å². The maximum absolute atomic E-state index is 12.5. The lowest BCUT2D eigenvalue weighted by Crippen LogP contribution is -2.57. The number of rotatable bonds is 4. The summed E-state index contributed by atoms with van der Waals surface area (Å²) in [5, 5.41) is 0. The van der Waals surface area contributed by atoms with Crippen LogP contribution in [0.4, 0.5) is 0 Å². The molecule has 20 heavy (non-hydrogen) atoms. The largest absolute Gasteiger partial charge is 0.465 e. The van der Waals surface area contributed by atoms with Gasteiger partial charge in [0.2, 0.25) is 5.89 Å². The number of hydrogen-bond acceptors (Lipinski definition) is 5. The average molecular weight is 391 g/mol. The number of esters is 1. The smallest absolute Gasteiger partial charge is 0.315 e. The molecule has 3 aliphatic rings. The van der Waals surface area contributed by atoms with E-state index in [0.717, 1.165) is 30.1 Å². The Labute approximate surface area is 131 Å². The maximum Gasteiger partial charge on any atom is 0.315 e. The Hall–Kier alpha value is -0.630. The number of carbonyl (C=O) groups is 1. The van der Waals surface area contributed by atoms with Crippen molar-refractivity contribution >= 4 is 28.6 Å². The average Bonchev–Trinajstić information content (AvgIpc) is 3.02. The molecule has 0 N–H and O–H groups in total. The first-order chi connectivity index (χ1) is 9.66. The minimum atomic E-state index is -0.631. The van der Waals surface area contributed by atoms with Crippen LogP contribution in [0.15, 0.2) is 16.9 Å². The van der Waals surface area contributed by atoms with Crippen LogP contribution in [0.2, 0.25) is 0 Å². The molecular formula is C14H18INO4. The summed E-state index contributed by atoms with van der Waals surface area (Å²) in [7, 11) is 0. The highest BCUT2D eigenvalue weighted by molar-refractivity contribution is 14.1. The van der Waals surface area contributed by atoms with E-state index in [9.17, 15) is 4.79 Å². The number of ether oxygens (including phenoxy) is 2. The Balaban J connectivity index is 1.97. The zero-order valence-corrected chi connectivity index (χ0v) is 13.6. The molecule has 1 aliphatic carbocycles. The van der Waals surface area contributed by atoms with E-state index in [2.05, 4.69) is 27.6 Å². The van der Waals surface area contributed by atoms with Crippen LogP contribution >= 0.6 is 22.6 Å². The molecule has 110 valence electrons. The molecule has 6 heteroatoms. The second kappa shape index (κ2) is 5.29. The van der Waals surface area contributed by atoms with Crippen molar-refractivity contribution in [2.45, 2.75) is 44.3 Å². The highest BCUT2D eigenvalue weighted by atomic mass is 127. The molecule has 2 bridgehead atoms. The van der Waals surface area contributed by atoms with Gasteiger partial charge in [-0.25, -0.2) is 4.98 Å². The number of hydrogen-bond donors (Lipinski definition) is 0. The molecule has 0 amide bonds. The second-order valence-corrected chi connectivity index (χ2v) is 6.32. The summed E-state index contributed by atoms with van der Waals surface area (Å²) in [5.41, 5.74) is -0.775. The third kappa shape index (κ3) is 2.07. The summed E-state index contributed by atoms with van der Waals surface area (Å²) in [4.78, 5) is 16.7. The van der Waals surface area contributed by atoms with E-state index in [1.807, 2.05) is 6.92 Å². The third-order valence-corrected chi connectivity index (χ3v) is 5.91. The number of alkyl halides is 1. The maximum atomic E-state index is 12.5. The number of fused-ring (bicyclic) bond motifs is 3. The van der Waals surface area contributed by atoms with Gasteiger partial charge in [0, 0.05) is 4.43 Å². The molecule has 1 aromatic rings. The van der Waals surface area contributed by atoms with Gasteiger partial charge >= 0.3 is 5.97 Å². The predicted octanol–water partition coefficient (Wildman–Crippen LogP) is 3.04. The van der Waals surface area contributed by atoms with Crippen molar-refractivity contribution in [2.75, 3.05) is 11.0 Å². The van der Waals surface area contributed by atoms with Gasteiger partial charge in [-0.2, -0.15) is 0 Å². The quantitative estimate of drug-likeness (QED) is 0.449. The van der Waals surface area contributed by atoms with Crippen LogP contribution in [0.5, 0.6) is 0 Å². The van der Waals surface area contributed by atoms with E-state index < -0.39 is 11.5 Å². The molecular weight excluding hydrogens is 373 g/mol. The zero-order chi connectivity index (χ0) is 14.2. The molecule has 3 heterocycles. The highest BCUT2D eigenvalue weighted by Gasteiger charge is 2.61. The molecule has 2 aliphatic heterocycles. The van der Waals surface area contributed by atoms with Crippen molar-refractivity contribution in [3.63, 3.8) is 0 Å². The molecule has 1 saturated carbocycles. The molecule has 4 rings (SSSR count). The summed E-state index contributed by atoms with van der Waals surface area (Å²) < 4.78 is 17.9. The topological polar surface area (TPSA) is 61.6 Å². The van der Waals surface area contributed by atoms with Crippen molar-refractivity contribution in [1.29, 1.82) is 0 Å². The van der Waals surface area contributed by atoms with Gasteiger partial charge in [0.25, 0.3) is 0 Å². The highest BCUT2D eigenvalue weighted by Crippen LogP contribution is 2.59. The van der Waals surface area contributed by atoms with Gasteiger partial charge in [-0.3, -0.25) is 4.79 Å². The lowest BCUT2D eigenvalue weighted by molar-refractivity contribution is -0.240. The minimum Gasteiger partial charge on any atom is -0.465 e. The van der Waals surface area contributed by atoms with Gasteiger partial charge < -0.3 is 13.9 Å². The van der Waals surface area contributed by atoms with Crippen molar-refractivity contribution < 1.29 is 18.7 Å². The number of halogens is 1. The van der Waals surface area contributed by atoms with Crippen LogP contribution in [0.25, 0.3) is 0 Å². The molecule has 1 aromatic heterocycles. The van der Waals surface area contributed by atoms with Crippen LogP contribution in [0, 0.1) is 5.41 Å². The van der Waals surface area contributed by atoms with Gasteiger partial charge in [-0.1, -0.05) is 22.6 Å². The molecule has 1 atom stereocenters. The Morgan fingerprint density at radius 2 is 2.25 bits per heavy atom. The lowest BCUT2D eigenvalue weighted by atomic mass is 9.62. The van der Waals surface area contributed by atoms with Gasteiger partial charge in [0.15, 0.2) is 6.10 Å². The Morgan fingerprint density at radius 3 is 2.80 bits per heavy atom. The lowest BCUT2D eigenvalue weighted by Gasteiger charge is -2.54. The van der Waals surface area contributed by atoms with Crippen LogP contribution in [0.1, 0.15) is 44.6 Å². The van der Waals surface area contributed by atoms with Gasteiger partial charge in [0.1, 0.15) is 11.7 Å². The fourth-order valence-corrected chi connectivity index (χ4v) is 4.24. The van der Waals surface area contributed by atoms with Crippen LogP contribution < -0.4 is 0 Å². The van der Waals surface area contributed by atoms with Crippen molar-refractivity contribution in [3.05, 3.63) is 18.4 Å². The Morgan fingerprint density at radius 1 is 1.50 bits per heavy atom. The van der Waals surface area contributed by atoms with E-state index in [1.165, 1.54) is 6.26 Å². The van der Waals surface area contributed by atoms with Gasteiger partial charge in [0.05, 0.1) is 18.4 Å². The number of carbonyl (C=O) groups excluding carboxylic acids is 1. The number of nitrogens with zero attached hydrogens (tertiary/aromatic N) is 1. The predicted molar refractivity (Wildman–Crippen MR) is 79.5 cm³/mol. The van der Waals surface area contributed by atoms with E-state index in [1.54, 1.807) is 6.20 Å². The zero-order valence-electron chi connectivity index (χ0n) is 11.4. The standard InChI is InChI=1S/C14H18INO4/c1-2-18-12(17)14-5-3-13(9-15,4-6-14)20-10(14)11-16-7-8-19-11/h7-8,10H,2-6,9H2,1H3. The van der Waals surface area contributed by atoms with E-state index in [0.29, 0.717) is 12.5 Å². The Kier molecular flexibility index (Phi) is 3.79. The minimum absolute atomic E-state index is 0.145. The first-order valence-electron chi connectivity index (χ1n) is 6.96. The van der Waals surface area contributed by atoms with Crippen LogP contribution in [-0.4, -0.2) is 27.6 Å². The second-order valence-electron chi connectivity index (χ2n) is 5.56. The van der Waals surface area contributed by atoms with E-state index >= 15 is 0 Å². The van der Waals surface area contributed by atoms with Gasteiger partial charge in [-0.15, -0.1) is 0 Å². The third-order valence-electron chi connectivity index (χ3n) is 4.52. The molecule has 3 fully saturated rings. The molecule has 0 radical (unpaired) electrons. The summed E-state index contributed by atoms with van der Waals surface area (Å²) in [5.74, 6) is 0.316. The number of aromatic nitrogens is 1. The van der Waals surface area contributed by atoms with Crippen LogP contribution in [-0.2, 0) is 14.3 Å². The summed E-state index contributed by atoms with van der Waals surface area (Å²) in [6.07, 6.45) is 6.04. The summed E-state index contributed by atoms with van der Waals surface area (Å²) >= 11 is 2.36. The molecule has 0 aromatic carbocycles. The van der Waals surface area contributed by atoms with E-state index in [4.69, 9.17) is 13.9 Å². The molecule has 5 nitrogen and oxygen atoms in total. The normalized spacial score (nSPS) is 36.0.